The number of amides is 2. The van der Waals surface area contributed by atoms with Gasteiger partial charge in [-0.2, -0.15) is 0 Å². The Balaban J connectivity index is 2.02. The first-order valence-corrected chi connectivity index (χ1v) is 14.4. The van der Waals surface area contributed by atoms with Gasteiger partial charge in [0.1, 0.15) is 18.4 Å². The number of nitrogens with one attached hydrogen (secondary N) is 1. The van der Waals surface area contributed by atoms with E-state index in [1.165, 1.54) is 29.2 Å². The Morgan fingerprint density at radius 3 is 2.10 bits per heavy atom. The Bertz CT molecular complexity index is 1350. The molecule has 3 rings (SSSR count). The molecule has 0 bridgehead atoms. The highest BCUT2D eigenvalue weighted by atomic mass is 32.2. The molecule has 0 unspecified atom stereocenters. The summed E-state index contributed by atoms with van der Waals surface area (Å²) in [6.45, 7) is 7.55. The number of carbonyl (C=O) groups is 2. The van der Waals surface area contributed by atoms with E-state index in [2.05, 4.69) is 5.32 Å². The summed E-state index contributed by atoms with van der Waals surface area (Å²) in [5.41, 5.74) is 1.89. The summed E-state index contributed by atoms with van der Waals surface area (Å²) in [5, 5.41) is 2.89. The summed E-state index contributed by atoms with van der Waals surface area (Å²) in [6.07, 6.45) is 0.312. The van der Waals surface area contributed by atoms with Gasteiger partial charge < -0.3 is 10.2 Å². The molecule has 0 fully saturated rings. The van der Waals surface area contributed by atoms with Crippen molar-refractivity contribution in [1.29, 1.82) is 0 Å². The minimum atomic E-state index is -4.11. The number of rotatable bonds is 12. The first-order chi connectivity index (χ1) is 18.5. The van der Waals surface area contributed by atoms with Crippen LogP contribution in [0.3, 0.4) is 0 Å². The Kier molecular flexibility index (Phi) is 10.2. The standard InChI is InChI=1S/C30H36FN3O4S/c1-5-28(30(36)32-19-22(2)3)33(20-24-13-15-25(31)16-14-24)29(35)21-34(26-17-11-23(4)12-18-26)39(37,38)27-9-7-6-8-10-27/h6-18,22,28H,5,19-21H2,1-4H3,(H,32,36)/t28-/m1/s1. The van der Waals surface area contributed by atoms with E-state index < -0.39 is 34.3 Å². The fourth-order valence-electron chi connectivity index (χ4n) is 4.09. The van der Waals surface area contributed by atoms with Gasteiger partial charge in [0.2, 0.25) is 11.8 Å². The van der Waals surface area contributed by atoms with Crippen molar-refractivity contribution in [3.8, 4) is 0 Å². The first-order valence-electron chi connectivity index (χ1n) is 13.0. The van der Waals surface area contributed by atoms with Crippen LogP contribution in [-0.2, 0) is 26.2 Å². The van der Waals surface area contributed by atoms with Gasteiger partial charge in [-0.15, -0.1) is 0 Å². The van der Waals surface area contributed by atoms with Crippen molar-refractivity contribution in [2.75, 3.05) is 17.4 Å². The van der Waals surface area contributed by atoms with Crippen molar-refractivity contribution in [2.45, 2.75) is 51.6 Å². The zero-order valence-corrected chi connectivity index (χ0v) is 23.6. The van der Waals surface area contributed by atoms with Crippen LogP contribution in [0.15, 0.2) is 83.8 Å². The molecule has 1 N–H and O–H groups in total. The second-order valence-electron chi connectivity index (χ2n) is 9.87. The molecule has 3 aromatic carbocycles. The van der Waals surface area contributed by atoms with Crippen molar-refractivity contribution < 1.29 is 22.4 Å². The number of hydrogen-bond donors (Lipinski definition) is 1. The maximum absolute atomic E-state index is 14.0. The maximum atomic E-state index is 14.0. The van der Waals surface area contributed by atoms with Gasteiger partial charge in [-0.05, 0) is 61.2 Å². The van der Waals surface area contributed by atoms with Crippen molar-refractivity contribution in [2.24, 2.45) is 5.92 Å². The molecule has 0 saturated heterocycles. The summed E-state index contributed by atoms with van der Waals surface area (Å²) >= 11 is 0. The number of halogens is 1. The third kappa shape index (κ3) is 7.89. The van der Waals surface area contributed by atoms with Gasteiger partial charge in [-0.3, -0.25) is 13.9 Å². The van der Waals surface area contributed by atoms with E-state index in [4.69, 9.17) is 0 Å². The van der Waals surface area contributed by atoms with E-state index in [0.717, 1.165) is 9.87 Å². The predicted molar refractivity (Wildman–Crippen MR) is 151 cm³/mol. The van der Waals surface area contributed by atoms with Crippen LogP contribution in [0.1, 0.15) is 38.3 Å². The van der Waals surface area contributed by atoms with Crippen LogP contribution in [-0.4, -0.2) is 44.3 Å². The molecule has 7 nitrogen and oxygen atoms in total. The number of aryl methyl sites for hydroxylation is 1. The summed E-state index contributed by atoms with van der Waals surface area (Å²) in [4.78, 5) is 28.6. The quantitative estimate of drug-likeness (QED) is 0.345. The molecule has 0 aromatic heterocycles. The highest BCUT2D eigenvalue weighted by Gasteiger charge is 2.33. The lowest BCUT2D eigenvalue weighted by molar-refractivity contribution is -0.140. The van der Waals surface area contributed by atoms with E-state index in [0.29, 0.717) is 24.2 Å². The second kappa shape index (κ2) is 13.4. The average molecular weight is 554 g/mol. The molecule has 2 amide bonds. The summed E-state index contributed by atoms with van der Waals surface area (Å²) in [7, 11) is -4.11. The highest BCUT2D eigenvalue weighted by Crippen LogP contribution is 2.25. The number of hydrogen-bond acceptors (Lipinski definition) is 4. The van der Waals surface area contributed by atoms with Gasteiger partial charge in [0, 0.05) is 13.1 Å². The molecule has 3 aromatic rings. The third-order valence-corrected chi connectivity index (χ3v) is 8.06. The van der Waals surface area contributed by atoms with E-state index in [-0.39, 0.29) is 23.3 Å². The van der Waals surface area contributed by atoms with E-state index in [1.807, 2.05) is 20.8 Å². The Hall–Kier alpha value is -3.72. The van der Waals surface area contributed by atoms with Gasteiger partial charge in [-0.25, -0.2) is 12.8 Å². The van der Waals surface area contributed by atoms with Crippen molar-refractivity contribution in [3.05, 3.63) is 95.8 Å². The molecule has 0 aliphatic heterocycles. The summed E-state index contributed by atoms with van der Waals surface area (Å²) in [6, 6.07) is 19.6. The molecule has 0 heterocycles. The molecule has 0 aliphatic carbocycles. The zero-order chi connectivity index (χ0) is 28.6. The van der Waals surface area contributed by atoms with Gasteiger partial charge in [-0.1, -0.05) is 68.8 Å². The van der Waals surface area contributed by atoms with Crippen molar-refractivity contribution >= 4 is 27.5 Å². The molecule has 0 aliphatic rings. The van der Waals surface area contributed by atoms with Crippen LogP contribution in [0.5, 0.6) is 0 Å². The topological polar surface area (TPSA) is 86.8 Å². The number of benzene rings is 3. The lowest BCUT2D eigenvalue weighted by Gasteiger charge is -2.33. The molecule has 208 valence electrons. The number of carbonyl (C=O) groups excluding carboxylic acids is 2. The normalized spacial score (nSPS) is 12.2. The van der Waals surface area contributed by atoms with Gasteiger partial charge in [0.05, 0.1) is 10.6 Å². The monoisotopic (exact) mass is 553 g/mol. The smallest absolute Gasteiger partial charge is 0.264 e. The first kappa shape index (κ1) is 29.8. The molecular weight excluding hydrogens is 517 g/mol. The van der Waals surface area contributed by atoms with Gasteiger partial charge in [0.15, 0.2) is 0 Å². The SMILES string of the molecule is CC[C@H](C(=O)NCC(C)C)N(Cc1ccc(F)cc1)C(=O)CN(c1ccc(C)cc1)S(=O)(=O)c1ccccc1. The number of nitrogens with zero attached hydrogens (tertiary/aromatic N) is 2. The zero-order valence-electron chi connectivity index (χ0n) is 22.8. The summed E-state index contributed by atoms with van der Waals surface area (Å²) in [5.74, 6) is -1.08. The van der Waals surface area contributed by atoms with Crippen LogP contribution in [0.25, 0.3) is 0 Å². The highest BCUT2D eigenvalue weighted by molar-refractivity contribution is 7.92. The average Bonchev–Trinajstić information content (AvgIpc) is 2.92. The predicted octanol–water partition coefficient (Wildman–Crippen LogP) is 4.91. The second-order valence-corrected chi connectivity index (χ2v) is 11.7. The van der Waals surface area contributed by atoms with Crippen molar-refractivity contribution in [3.63, 3.8) is 0 Å². The molecule has 0 saturated carbocycles. The van der Waals surface area contributed by atoms with E-state index >= 15 is 0 Å². The molecule has 39 heavy (non-hydrogen) atoms. The van der Waals surface area contributed by atoms with Gasteiger partial charge >= 0.3 is 0 Å². The number of anilines is 1. The summed E-state index contributed by atoms with van der Waals surface area (Å²) < 4.78 is 42.2. The van der Waals surface area contributed by atoms with Crippen LogP contribution in [0.2, 0.25) is 0 Å². The molecule has 1 atom stereocenters. The Morgan fingerprint density at radius 1 is 0.923 bits per heavy atom. The lowest BCUT2D eigenvalue weighted by atomic mass is 10.1. The van der Waals surface area contributed by atoms with Crippen LogP contribution in [0.4, 0.5) is 10.1 Å². The minimum Gasteiger partial charge on any atom is -0.354 e. The molecule has 0 spiro atoms. The van der Waals surface area contributed by atoms with Crippen LogP contribution >= 0.6 is 0 Å². The van der Waals surface area contributed by atoms with Crippen LogP contribution in [0, 0.1) is 18.7 Å². The largest absolute Gasteiger partial charge is 0.354 e. The minimum absolute atomic E-state index is 0.0137. The van der Waals surface area contributed by atoms with E-state index in [9.17, 15) is 22.4 Å². The molecule has 9 heteroatoms. The lowest BCUT2D eigenvalue weighted by Crippen LogP contribution is -2.52. The fourth-order valence-corrected chi connectivity index (χ4v) is 5.52. The Labute approximate surface area is 230 Å². The van der Waals surface area contributed by atoms with Crippen molar-refractivity contribution in [1.82, 2.24) is 10.2 Å². The fraction of sp³-hybridized carbons (Fsp3) is 0.333. The maximum Gasteiger partial charge on any atom is 0.264 e. The van der Waals surface area contributed by atoms with Crippen LogP contribution < -0.4 is 9.62 Å². The van der Waals surface area contributed by atoms with E-state index in [1.54, 1.807) is 61.5 Å². The Morgan fingerprint density at radius 2 is 1.54 bits per heavy atom. The number of sulfonamides is 1. The molecular formula is C30H36FN3O4S. The third-order valence-electron chi connectivity index (χ3n) is 6.27. The molecule has 0 radical (unpaired) electrons. The van der Waals surface area contributed by atoms with Gasteiger partial charge in [0.25, 0.3) is 10.0 Å².